The van der Waals surface area contributed by atoms with Crippen molar-refractivity contribution in [3.8, 4) is 0 Å². The number of aliphatic carboxylic acids is 2. The molecule has 7 heteroatoms. The molecule has 6 nitrogen and oxygen atoms in total. The van der Waals surface area contributed by atoms with Crippen LogP contribution in [0.15, 0.2) is 0 Å². The van der Waals surface area contributed by atoms with Crippen LogP contribution in [-0.2, 0) is 26.1 Å². The molecule has 0 aromatic rings. The van der Waals surface area contributed by atoms with Crippen molar-refractivity contribution in [2.75, 3.05) is 0 Å². The number of rotatable bonds is 6. The quantitative estimate of drug-likeness (QED) is 0.556. The normalized spacial score (nSPS) is 15.9. The SMILES string of the molecule is CC[C@@H](C)[C@@H](N)C(=O)[O-].CC[C@@H](C)[C@@H](N)C(=O)[O-].[Ni+2]. The molecule has 4 atom stereocenters. The van der Waals surface area contributed by atoms with Gasteiger partial charge in [-0.05, 0) is 11.8 Å². The summed E-state index contributed by atoms with van der Waals surface area (Å²) in [6.07, 6.45) is 1.55. The first kappa shape index (κ1) is 23.4. The van der Waals surface area contributed by atoms with Crippen LogP contribution in [-0.4, -0.2) is 24.0 Å². The van der Waals surface area contributed by atoms with Crippen LogP contribution in [0.5, 0.6) is 0 Å². The zero-order valence-electron chi connectivity index (χ0n) is 11.8. The molecule has 0 aliphatic carbocycles. The third-order valence-corrected chi connectivity index (χ3v) is 3.06. The summed E-state index contributed by atoms with van der Waals surface area (Å²) in [6.45, 7) is 7.38. The summed E-state index contributed by atoms with van der Waals surface area (Å²) in [5.74, 6) is -2.31. The standard InChI is InChI=1S/2C6H13NO2.Ni/c2*1-3-4(2)5(7)6(8)9;/h2*4-5H,3,7H2,1-2H3,(H,8,9);/q;;+2/p-2/t2*4-,5-;/m11./s1. The van der Waals surface area contributed by atoms with Gasteiger partial charge in [0.05, 0.1) is 11.9 Å². The van der Waals surface area contributed by atoms with Crippen molar-refractivity contribution in [2.24, 2.45) is 23.3 Å². The molecule has 0 fully saturated rings. The van der Waals surface area contributed by atoms with Gasteiger partial charge in [0.1, 0.15) is 0 Å². The Morgan fingerprint density at radius 3 is 1.16 bits per heavy atom. The van der Waals surface area contributed by atoms with Crippen molar-refractivity contribution >= 4 is 11.9 Å². The Morgan fingerprint density at radius 2 is 1.11 bits per heavy atom. The molecule has 0 radical (unpaired) electrons. The van der Waals surface area contributed by atoms with Crippen molar-refractivity contribution in [1.29, 1.82) is 0 Å². The van der Waals surface area contributed by atoms with E-state index in [0.29, 0.717) is 0 Å². The van der Waals surface area contributed by atoms with Crippen molar-refractivity contribution in [1.82, 2.24) is 0 Å². The molecule has 0 aromatic heterocycles. The smallest absolute Gasteiger partial charge is 0.548 e. The zero-order chi connectivity index (χ0) is 14.9. The summed E-state index contributed by atoms with van der Waals surface area (Å²) in [5, 5.41) is 20.1. The van der Waals surface area contributed by atoms with Crippen LogP contribution < -0.4 is 21.7 Å². The summed E-state index contributed by atoms with van der Waals surface area (Å²) in [6, 6.07) is -1.62. The average molecular weight is 319 g/mol. The number of carboxylic acid groups (broad SMARTS) is 2. The predicted molar refractivity (Wildman–Crippen MR) is 64.9 cm³/mol. The Bertz CT molecular complexity index is 238. The van der Waals surface area contributed by atoms with E-state index in [2.05, 4.69) is 0 Å². The van der Waals surface area contributed by atoms with Gasteiger partial charge in [-0.25, -0.2) is 0 Å². The second kappa shape index (κ2) is 12.4. The van der Waals surface area contributed by atoms with Gasteiger partial charge in [-0.2, -0.15) is 0 Å². The Labute approximate surface area is 124 Å². The zero-order valence-corrected chi connectivity index (χ0v) is 12.8. The minimum absolute atomic E-state index is 0. The van der Waals surface area contributed by atoms with Crippen LogP contribution in [0.1, 0.15) is 40.5 Å². The number of carbonyl (C=O) groups is 2. The summed E-state index contributed by atoms with van der Waals surface area (Å²) in [5.41, 5.74) is 10.4. The number of nitrogens with two attached hydrogens (primary N) is 2. The van der Waals surface area contributed by atoms with Gasteiger partial charge in [0.25, 0.3) is 0 Å². The Balaban J connectivity index is -0.000000256. The molecular weight excluding hydrogens is 295 g/mol. The van der Waals surface area contributed by atoms with Gasteiger partial charge >= 0.3 is 16.5 Å². The van der Waals surface area contributed by atoms with E-state index in [-0.39, 0.29) is 28.3 Å². The molecule has 0 aliphatic rings. The summed E-state index contributed by atoms with van der Waals surface area (Å²) < 4.78 is 0. The molecule has 0 heterocycles. The Hall–Kier alpha value is -0.646. The number of carboxylic acids is 2. The minimum atomic E-state index is -1.16. The second-order valence-electron chi connectivity index (χ2n) is 4.46. The van der Waals surface area contributed by atoms with Gasteiger partial charge in [-0.1, -0.05) is 40.5 Å². The minimum Gasteiger partial charge on any atom is -0.548 e. The van der Waals surface area contributed by atoms with E-state index in [9.17, 15) is 19.8 Å². The molecule has 0 aliphatic heterocycles. The largest absolute Gasteiger partial charge is 2.00 e. The molecule has 0 saturated heterocycles. The number of hydrogen-bond acceptors (Lipinski definition) is 6. The van der Waals surface area contributed by atoms with Gasteiger partial charge in [-0.15, -0.1) is 0 Å². The Morgan fingerprint density at radius 1 is 0.895 bits per heavy atom. The number of carbonyl (C=O) groups excluding carboxylic acids is 2. The van der Waals surface area contributed by atoms with E-state index in [1.807, 2.05) is 13.8 Å². The van der Waals surface area contributed by atoms with E-state index in [1.54, 1.807) is 13.8 Å². The predicted octanol–water partition coefficient (Wildman–Crippen LogP) is -1.78. The van der Waals surface area contributed by atoms with E-state index in [0.717, 1.165) is 12.8 Å². The monoisotopic (exact) mass is 318 g/mol. The third-order valence-electron chi connectivity index (χ3n) is 3.06. The van der Waals surface area contributed by atoms with Crippen molar-refractivity contribution in [3.05, 3.63) is 0 Å². The first-order valence-electron chi connectivity index (χ1n) is 6.11. The van der Waals surface area contributed by atoms with Crippen LogP contribution in [0, 0.1) is 11.8 Å². The topological polar surface area (TPSA) is 132 Å². The maximum absolute atomic E-state index is 10.1. The van der Waals surface area contributed by atoms with Gasteiger partial charge in [0.2, 0.25) is 0 Å². The van der Waals surface area contributed by atoms with Gasteiger partial charge in [0.15, 0.2) is 0 Å². The molecule has 0 amide bonds. The van der Waals surface area contributed by atoms with Gasteiger partial charge in [0, 0.05) is 12.1 Å². The molecule has 0 unspecified atom stereocenters. The van der Waals surface area contributed by atoms with Crippen LogP contribution in [0.4, 0.5) is 0 Å². The van der Waals surface area contributed by atoms with Gasteiger partial charge < -0.3 is 31.3 Å². The molecule has 0 bridgehead atoms. The van der Waals surface area contributed by atoms with E-state index < -0.39 is 24.0 Å². The first-order chi connectivity index (χ1) is 8.18. The van der Waals surface area contributed by atoms with Crippen LogP contribution in [0.2, 0.25) is 0 Å². The number of hydrogen-bond donors (Lipinski definition) is 2. The first-order valence-corrected chi connectivity index (χ1v) is 6.11. The van der Waals surface area contributed by atoms with Gasteiger partial charge in [-0.3, -0.25) is 0 Å². The molecule has 0 aromatic carbocycles. The molecular formula is C12H24N2NiO4. The maximum atomic E-state index is 10.1. The molecule has 4 N–H and O–H groups in total. The van der Waals surface area contributed by atoms with Crippen molar-refractivity contribution < 1.29 is 36.3 Å². The van der Waals surface area contributed by atoms with Crippen LogP contribution in [0.25, 0.3) is 0 Å². The van der Waals surface area contributed by atoms with E-state index >= 15 is 0 Å². The van der Waals surface area contributed by atoms with Crippen LogP contribution >= 0.6 is 0 Å². The van der Waals surface area contributed by atoms with Crippen molar-refractivity contribution in [2.45, 2.75) is 52.6 Å². The summed E-state index contributed by atoms with van der Waals surface area (Å²) in [4.78, 5) is 20.1. The summed E-state index contributed by atoms with van der Waals surface area (Å²) >= 11 is 0. The fraction of sp³-hybridized carbons (Fsp3) is 0.833. The molecule has 0 saturated carbocycles. The molecule has 116 valence electrons. The van der Waals surface area contributed by atoms with Crippen LogP contribution in [0.3, 0.4) is 0 Å². The van der Waals surface area contributed by atoms with E-state index in [4.69, 9.17) is 11.5 Å². The fourth-order valence-electron chi connectivity index (χ4n) is 0.972. The second-order valence-corrected chi connectivity index (χ2v) is 4.46. The van der Waals surface area contributed by atoms with E-state index in [1.165, 1.54) is 0 Å². The molecule has 0 rings (SSSR count). The average Bonchev–Trinajstić information content (AvgIpc) is 2.35. The molecule has 19 heavy (non-hydrogen) atoms. The Kier molecular flexibility index (Phi) is 15.3. The molecule has 0 spiro atoms. The maximum Gasteiger partial charge on any atom is 2.00 e. The fourth-order valence-corrected chi connectivity index (χ4v) is 0.972. The third kappa shape index (κ3) is 10.9. The summed E-state index contributed by atoms with van der Waals surface area (Å²) in [7, 11) is 0. The van der Waals surface area contributed by atoms with Crippen molar-refractivity contribution in [3.63, 3.8) is 0 Å².